The van der Waals surface area contributed by atoms with Crippen LogP contribution in [-0.4, -0.2) is 11.6 Å². The Bertz CT molecular complexity index is 450. The van der Waals surface area contributed by atoms with Gasteiger partial charge in [-0.25, -0.2) is 9.18 Å². The van der Waals surface area contributed by atoms with Crippen LogP contribution in [0, 0.1) is 18.2 Å². The molecule has 0 spiro atoms. The number of esters is 1. The van der Waals surface area contributed by atoms with Gasteiger partial charge in [-0.15, -0.1) is 6.42 Å². The summed E-state index contributed by atoms with van der Waals surface area (Å²) in [5.74, 6) is 0.941. The Morgan fingerprint density at radius 1 is 1.44 bits per heavy atom. The first-order valence-corrected chi connectivity index (χ1v) is 4.83. The predicted octanol–water partition coefficient (Wildman–Crippen LogP) is 2.76. The van der Waals surface area contributed by atoms with Crippen LogP contribution in [0.2, 0.25) is 0 Å². The Morgan fingerprint density at radius 3 is 2.50 bits per heavy atom. The first kappa shape index (κ1) is 12.3. The highest BCUT2D eigenvalue weighted by Crippen LogP contribution is 2.15. The summed E-state index contributed by atoms with van der Waals surface area (Å²) >= 11 is 0. The molecule has 1 aromatic rings. The molecule has 0 fully saturated rings. The number of ether oxygens (including phenoxy) is 1. The van der Waals surface area contributed by atoms with Crippen molar-refractivity contribution in [2.75, 3.05) is 0 Å². The molecule has 0 aromatic heterocycles. The van der Waals surface area contributed by atoms with E-state index in [9.17, 15) is 9.18 Å². The number of hydrogen-bond donors (Lipinski definition) is 0. The molecule has 0 aliphatic heterocycles. The van der Waals surface area contributed by atoms with Crippen molar-refractivity contribution in [2.24, 2.45) is 0 Å². The van der Waals surface area contributed by atoms with E-state index in [4.69, 9.17) is 11.2 Å². The second-order valence-corrected chi connectivity index (χ2v) is 4.34. The van der Waals surface area contributed by atoms with Gasteiger partial charge in [0.25, 0.3) is 0 Å². The van der Waals surface area contributed by atoms with Crippen LogP contribution < -0.4 is 0 Å². The molecular weight excluding hydrogens is 207 g/mol. The van der Waals surface area contributed by atoms with E-state index in [0.29, 0.717) is 5.56 Å². The van der Waals surface area contributed by atoms with Gasteiger partial charge in [0.15, 0.2) is 0 Å². The molecule has 0 saturated carbocycles. The van der Waals surface area contributed by atoms with E-state index in [-0.39, 0.29) is 5.56 Å². The van der Waals surface area contributed by atoms with Gasteiger partial charge >= 0.3 is 5.97 Å². The van der Waals surface area contributed by atoms with E-state index in [0.717, 1.165) is 6.07 Å². The summed E-state index contributed by atoms with van der Waals surface area (Å²) in [7, 11) is 0. The van der Waals surface area contributed by atoms with Gasteiger partial charge < -0.3 is 4.74 Å². The summed E-state index contributed by atoms with van der Waals surface area (Å²) in [6.07, 6.45) is 5.11. The lowest BCUT2D eigenvalue weighted by Gasteiger charge is -2.19. The van der Waals surface area contributed by atoms with Crippen molar-refractivity contribution in [3.8, 4) is 12.3 Å². The third-order valence-electron chi connectivity index (χ3n) is 1.75. The van der Waals surface area contributed by atoms with Crippen molar-refractivity contribution < 1.29 is 13.9 Å². The van der Waals surface area contributed by atoms with Crippen LogP contribution in [0.25, 0.3) is 0 Å². The molecule has 0 aliphatic carbocycles. The second kappa shape index (κ2) is 4.36. The van der Waals surface area contributed by atoms with Crippen LogP contribution >= 0.6 is 0 Å². The molecule has 0 radical (unpaired) electrons. The smallest absolute Gasteiger partial charge is 0.341 e. The molecule has 0 bridgehead atoms. The molecule has 0 N–H and O–H groups in total. The van der Waals surface area contributed by atoms with Gasteiger partial charge in [-0.1, -0.05) is 5.92 Å². The van der Waals surface area contributed by atoms with Crippen LogP contribution in [0.3, 0.4) is 0 Å². The minimum atomic E-state index is -0.687. The van der Waals surface area contributed by atoms with Gasteiger partial charge in [-0.3, -0.25) is 0 Å². The highest BCUT2D eigenvalue weighted by Gasteiger charge is 2.20. The number of terminal acetylenes is 1. The average Bonchev–Trinajstić information content (AvgIpc) is 2.14. The Labute approximate surface area is 94.4 Å². The van der Waals surface area contributed by atoms with Crippen LogP contribution in [0.1, 0.15) is 36.7 Å². The SMILES string of the molecule is C#Cc1ccc(C(=O)OC(C)(C)C)c(F)c1. The summed E-state index contributed by atoms with van der Waals surface area (Å²) in [6, 6.07) is 3.97. The zero-order chi connectivity index (χ0) is 12.3. The second-order valence-electron chi connectivity index (χ2n) is 4.34. The molecule has 0 aliphatic rings. The number of halogens is 1. The Balaban J connectivity index is 2.98. The normalized spacial score (nSPS) is 10.7. The number of carbonyl (C=O) groups excluding carboxylic acids is 1. The topological polar surface area (TPSA) is 26.3 Å². The van der Waals surface area contributed by atoms with Gasteiger partial charge in [-0.2, -0.15) is 0 Å². The van der Waals surface area contributed by atoms with E-state index < -0.39 is 17.4 Å². The Kier molecular flexibility index (Phi) is 3.34. The van der Waals surface area contributed by atoms with E-state index in [2.05, 4.69) is 5.92 Å². The molecule has 16 heavy (non-hydrogen) atoms. The maximum Gasteiger partial charge on any atom is 0.341 e. The fourth-order valence-electron chi connectivity index (χ4n) is 1.10. The molecule has 1 rings (SSSR count). The first-order valence-electron chi connectivity index (χ1n) is 4.83. The standard InChI is InChI=1S/C13H13FO2/c1-5-9-6-7-10(11(14)8-9)12(15)16-13(2,3)4/h1,6-8H,2-4H3. The lowest BCUT2D eigenvalue weighted by Crippen LogP contribution is -2.24. The number of carbonyl (C=O) groups is 1. The van der Waals surface area contributed by atoms with E-state index in [1.54, 1.807) is 20.8 Å². The number of hydrogen-bond acceptors (Lipinski definition) is 2. The average molecular weight is 220 g/mol. The predicted molar refractivity (Wildman–Crippen MR) is 59.5 cm³/mol. The van der Waals surface area contributed by atoms with Crippen LogP contribution in [0.15, 0.2) is 18.2 Å². The minimum absolute atomic E-state index is 0.103. The summed E-state index contributed by atoms with van der Waals surface area (Å²) < 4.78 is 18.5. The van der Waals surface area contributed by atoms with Gasteiger partial charge in [0, 0.05) is 5.56 Å². The third kappa shape index (κ3) is 3.09. The van der Waals surface area contributed by atoms with E-state index >= 15 is 0 Å². The largest absolute Gasteiger partial charge is 0.456 e. The summed E-state index contributed by atoms with van der Waals surface area (Å²) in [5.41, 5.74) is -0.354. The third-order valence-corrected chi connectivity index (χ3v) is 1.75. The maximum absolute atomic E-state index is 13.5. The van der Waals surface area contributed by atoms with Crippen molar-refractivity contribution in [1.82, 2.24) is 0 Å². The lowest BCUT2D eigenvalue weighted by molar-refractivity contribution is 0.00647. The van der Waals surface area contributed by atoms with Crippen LogP contribution in [0.4, 0.5) is 4.39 Å². The van der Waals surface area contributed by atoms with Crippen molar-refractivity contribution in [3.63, 3.8) is 0 Å². The Morgan fingerprint density at radius 2 is 2.06 bits per heavy atom. The zero-order valence-corrected chi connectivity index (χ0v) is 9.50. The van der Waals surface area contributed by atoms with Crippen molar-refractivity contribution in [1.29, 1.82) is 0 Å². The zero-order valence-electron chi connectivity index (χ0n) is 9.50. The number of rotatable bonds is 1. The lowest BCUT2D eigenvalue weighted by atomic mass is 10.1. The summed E-state index contributed by atoms with van der Waals surface area (Å²) in [4.78, 5) is 11.6. The quantitative estimate of drug-likeness (QED) is 0.537. The van der Waals surface area contributed by atoms with Crippen LogP contribution in [-0.2, 0) is 4.74 Å². The fourth-order valence-corrected chi connectivity index (χ4v) is 1.10. The van der Waals surface area contributed by atoms with E-state index in [1.807, 2.05) is 0 Å². The number of benzene rings is 1. The molecule has 2 nitrogen and oxygen atoms in total. The molecule has 0 amide bonds. The monoisotopic (exact) mass is 220 g/mol. The van der Waals surface area contributed by atoms with Gasteiger partial charge in [0.1, 0.15) is 11.4 Å². The molecule has 0 heterocycles. The maximum atomic E-state index is 13.5. The summed E-state index contributed by atoms with van der Waals surface area (Å²) in [5, 5.41) is 0. The van der Waals surface area contributed by atoms with Crippen molar-refractivity contribution in [3.05, 3.63) is 35.1 Å². The van der Waals surface area contributed by atoms with Crippen molar-refractivity contribution >= 4 is 5.97 Å². The summed E-state index contributed by atoms with van der Waals surface area (Å²) in [6.45, 7) is 5.16. The van der Waals surface area contributed by atoms with Gasteiger partial charge in [0.2, 0.25) is 0 Å². The first-order chi connectivity index (χ1) is 7.33. The minimum Gasteiger partial charge on any atom is -0.456 e. The molecule has 3 heteroatoms. The molecule has 0 saturated heterocycles. The molecular formula is C13H13FO2. The fraction of sp³-hybridized carbons (Fsp3) is 0.308. The molecule has 0 atom stereocenters. The highest BCUT2D eigenvalue weighted by molar-refractivity contribution is 5.90. The highest BCUT2D eigenvalue weighted by atomic mass is 19.1. The van der Waals surface area contributed by atoms with Gasteiger partial charge in [0.05, 0.1) is 5.56 Å². The van der Waals surface area contributed by atoms with E-state index in [1.165, 1.54) is 12.1 Å². The molecule has 0 unspecified atom stereocenters. The van der Waals surface area contributed by atoms with Gasteiger partial charge in [-0.05, 0) is 39.0 Å². The molecule has 1 aromatic carbocycles. The Hall–Kier alpha value is -1.82. The molecule has 84 valence electrons. The van der Waals surface area contributed by atoms with Crippen molar-refractivity contribution in [2.45, 2.75) is 26.4 Å². The van der Waals surface area contributed by atoms with Crippen LogP contribution in [0.5, 0.6) is 0 Å².